The Morgan fingerprint density at radius 2 is 1.91 bits per heavy atom. The Morgan fingerprint density at radius 1 is 1.18 bits per heavy atom. The van der Waals surface area contributed by atoms with E-state index in [1.807, 2.05) is 4.90 Å². The Labute approximate surface area is 133 Å². The van der Waals surface area contributed by atoms with Crippen molar-refractivity contribution in [2.75, 3.05) is 13.1 Å². The lowest BCUT2D eigenvalue weighted by molar-refractivity contribution is -0.134. The number of piperidine rings is 1. The average molecular weight is 301 g/mol. The fraction of sp³-hybridized carbons (Fsp3) is 0.611. The molecule has 22 heavy (non-hydrogen) atoms. The van der Waals surface area contributed by atoms with E-state index < -0.39 is 0 Å². The van der Waals surface area contributed by atoms with Crippen LogP contribution in [0.15, 0.2) is 30.3 Å². The molecule has 0 aromatic heterocycles. The van der Waals surface area contributed by atoms with E-state index in [1.54, 1.807) is 0 Å². The number of hydrazine groups is 1. The minimum absolute atomic E-state index is 0.0372. The van der Waals surface area contributed by atoms with E-state index in [0.717, 1.165) is 45.2 Å². The van der Waals surface area contributed by atoms with Crippen molar-refractivity contribution in [2.24, 2.45) is 0 Å². The Morgan fingerprint density at radius 3 is 2.59 bits per heavy atom. The second-order valence-electron chi connectivity index (χ2n) is 6.57. The van der Waals surface area contributed by atoms with Gasteiger partial charge in [0.1, 0.15) is 6.04 Å². The number of nitrogens with zero attached hydrogens (tertiary/aromatic N) is 1. The first-order valence-corrected chi connectivity index (χ1v) is 8.62. The number of benzene rings is 1. The molecule has 1 amide bonds. The Hall–Kier alpha value is -1.39. The van der Waals surface area contributed by atoms with Crippen molar-refractivity contribution in [3.05, 3.63) is 35.9 Å². The zero-order chi connectivity index (χ0) is 15.4. The van der Waals surface area contributed by atoms with E-state index in [4.69, 9.17) is 0 Å². The summed E-state index contributed by atoms with van der Waals surface area (Å²) in [5.74, 6) is 0.880. The number of nitrogens with one attached hydrogen (secondary N) is 2. The van der Waals surface area contributed by atoms with Crippen LogP contribution < -0.4 is 10.9 Å². The van der Waals surface area contributed by atoms with Crippen LogP contribution >= 0.6 is 0 Å². The summed E-state index contributed by atoms with van der Waals surface area (Å²) in [4.78, 5) is 14.7. The molecule has 4 nitrogen and oxygen atoms in total. The van der Waals surface area contributed by atoms with Crippen LogP contribution in [0.2, 0.25) is 0 Å². The van der Waals surface area contributed by atoms with Crippen LogP contribution in [0.1, 0.15) is 50.5 Å². The van der Waals surface area contributed by atoms with Crippen LogP contribution in [0.3, 0.4) is 0 Å². The van der Waals surface area contributed by atoms with Gasteiger partial charge in [-0.2, -0.15) is 0 Å². The third-order valence-electron chi connectivity index (χ3n) is 4.99. The second kappa shape index (κ2) is 7.25. The summed E-state index contributed by atoms with van der Waals surface area (Å²) in [6.07, 6.45) is 5.36. The summed E-state index contributed by atoms with van der Waals surface area (Å²) in [5.41, 5.74) is 7.87. The first kappa shape index (κ1) is 15.5. The lowest BCUT2D eigenvalue weighted by Crippen LogP contribution is -2.48. The van der Waals surface area contributed by atoms with Crippen LogP contribution in [0.5, 0.6) is 0 Å². The van der Waals surface area contributed by atoms with Gasteiger partial charge in [0, 0.05) is 19.1 Å². The highest BCUT2D eigenvalue weighted by Crippen LogP contribution is 2.28. The quantitative estimate of drug-likeness (QED) is 0.898. The van der Waals surface area contributed by atoms with Gasteiger partial charge in [-0.25, -0.2) is 5.43 Å². The zero-order valence-corrected chi connectivity index (χ0v) is 13.4. The number of likely N-dealkylation sites (tertiary alicyclic amines) is 1. The molecule has 2 atom stereocenters. The highest BCUT2D eigenvalue weighted by atomic mass is 16.2. The maximum atomic E-state index is 12.6. The van der Waals surface area contributed by atoms with Crippen molar-refractivity contribution in [2.45, 2.75) is 57.0 Å². The smallest absolute Gasteiger partial charge is 0.241 e. The standard InChI is InChI=1S/C18H27N3O/c1-2-6-16-13-17(20-19-16)18(22)21-11-9-15(10-12-21)14-7-4-3-5-8-14/h3-5,7-8,15-17,19-20H,2,6,9-13H2,1H3. The average Bonchev–Trinajstić information content (AvgIpc) is 3.04. The molecule has 4 heteroatoms. The molecule has 0 saturated carbocycles. The maximum absolute atomic E-state index is 12.6. The summed E-state index contributed by atoms with van der Waals surface area (Å²) in [7, 11) is 0. The van der Waals surface area contributed by atoms with Crippen LogP contribution in [-0.4, -0.2) is 36.0 Å². The minimum Gasteiger partial charge on any atom is -0.341 e. The van der Waals surface area contributed by atoms with Crippen molar-refractivity contribution in [3.63, 3.8) is 0 Å². The summed E-state index contributed by atoms with van der Waals surface area (Å²) >= 11 is 0. The van der Waals surface area contributed by atoms with Crippen molar-refractivity contribution in [1.29, 1.82) is 0 Å². The molecular weight excluding hydrogens is 274 g/mol. The monoisotopic (exact) mass is 301 g/mol. The molecule has 0 radical (unpaired) electrons. The third kappa shape index (κ3) is 3.50. The van der Waals surface area contributed by atoms with Crippen LogP contribution in [0.25, 0.3) is 0 Å². The van der Waals surface area contributed by atoms with E-state index in [1.165, 1.54) is 5.56 Å². The van der Waals surface area contributed by atoms with Gasteiger partial charge < -0.3 is 4.90 Å². The Balaban J connectivity index is 1.50. The molecule has 2 aliphatic heterocycles. The molecule has 0 aliphatic carbocycles. The molecule has 2 aliphatic rings. The van der Waals surface area contributed by atoms with Crippen LogP contribution in [0, 0.1) is 0 Å². The summed E-state index contributed by atoms with van der Waals surface area (Å²) in [6.45, 7) is 3.95. The first-order chi connectivity index (χ1) is 10.8. The Bertz CT molecular complexity index is 482. The SMILES string of the molecule is CCCC1CC(C(=O)N2CCC(c3ccccc3)CC2)NN1. The largest absolute Gasteiger partial charge is 0.341 e. The molecule has 2 fully saturated rings. The van der Waals surface area contributed by atoms with Crippen molar-refractivity contribution < 1.29 is 4.79 Å². The lowest BCUT2D eigenvalue weighted by atomic mass is 9.89. The predicted octanol–water partition coefficient (Wildman–Crippen LogP) is 2.43. The minimum atomic E-state index is -0.0372. The number of rotatable bonds is 4. The maximum Gasteiger partial charge on any atom is 0.241 e. The molecule has 3 rings (SSSR count). The van der Waals surface area contributed by atoms with Gasteiger partial charge in [0.05, 0.1) is 0 Å². The van der Waals surface area contributed by atoms with Crippen LogP contribution in [0.4, 0.5) is 0 Å². The highest BCUT2D eigenvalue weighted by Gasteiger charge is 2.33. The molecule has 0 spiro atoms. The fourth-order valence-corrected chi connectivity index (χ4v) is 3.70. The first-order valence-electron chi connectivity index (χ1n) is 8.62. The van der Waals surface area contributed by atoms with Crippen molar-refractivity contribution in [3.8, 4) is 0 Å². The molecule has 120 valence electrons. The second-order valence-corrected chi connectivity index (χ2v) is 6.57. The van der Waals surface area contributed by atoms with Gasteiger partial charge in [-0.1, -0.05) is 43.7 Å². The lowest BCUT2D eigenvalue weighted by Gasteiger charge is -2.33. The summed E-state index contributed by atoms with van der Waals surface area (Å²) in [6, 6.07) is 11.1. The molecule has 2 unspecified atom stereocenters. The molecule has 1 aromatic rings. The van der Waals surface area contributed by atoms with Gasteiger partial charge in [-0.15, -0.1) is 0 Å². The molecule has 2 N–H and O–H groups in total. The van der Waals surface area contributed by atoms with Gasteiger partial charge in [0.15, 0.2) is 0 Å². The van der Waals surface area contributed by atoms with E-state index in [-0.39, 0.29) is 11.9 Å². The summed E-state index contributed by atoms with van der Waals surface area (Å²) < 4.78 is 0. The molecule has 2 saturated heterocycles. The van der Waals surface area contributed by atoms with Gasteiger partial charge in [-0.05, 0) is 37.2 Å². The number of amides is 1. The van der Waals surface area contributed by atoms with Gasteiger partial charge >= 0.3 is 0 Å². The van der Waals surface area contributed by atoms with Crippen LogP contribution in [-0.2, 0) is 4.79 Å². The van der Waals surface area contributed by atoms with Gasteiger partial charge in [0.2, 0.25) is 5.91 Å². The summed E-state index contributed by atoms with van der Waals surface area (Å²) in [5, 5.41) is 0. The molecule has 2 heterocycles. The van der Waals surface area contributed by atoms with E-state index in [2.05, 4.69) is 48.1 Å². The normalized spacial score (nSPS) is 26.3. The number of hydrogen-bond donors (Lipinski definition) is 2. The van der Waals surface area contributed by atoms with E-state index in [9.17, 15) is 4.79 Å². The van der Waals surface area contributed by atoms with Crippen molar-refractivity contribution in [1.82, 2.24) is 15.8 Å². The predicted molar refractivity (Wildman–Crippen MR) is 88.4 cm³/mol. The molecular formula is C18H27N3O. The third-order valence-corrected chi connectivity index (χ3v) is 4.99. The van der Waals surface area contributed by atoms with Crippen molar-refractivity contribution >= 4 is 5.91 Å². The van der Waals surface area contributed by atoms with Gasteiger partial charge in [0.25, 0.3) is 0 Å². The molecule has 1 aromatic carbocycles. The van der Waals surface area contributed by atoms with E-state index in [0.29, 0.717) is 12.0 Å². The van der Waals surface area contributed by atoms with E-state index >= 15 is 0 Å². The molecule has 0 bridgehead atoms. The fourth-order valence-electron chi connectivity index (χ4n) is 3.70. The topological polar surface area (TPSA) is 44.4 Å². The number of hydrogen-bond acceptors (Lipinski definition) is 3. The Kier molecular flexibility index (Phi) is 5.11. The number of carbonyl (C=O) groups is 1. The van der Waals surface area contributed by atoms with Gasteiger partial charge in [-0.3, -0.25) is 10.2 Å². The zero-order valence-electron chi connectivity index (χ0n) is 13.4. The highest BCUT2D eigenvalue weighted by molar-refractivity contribution is 5.82. The number of carbonyl (C=O) groups excluding carboxylic acids is 1.